The maximum Gasteiger partial charge on any atom is 0.260 e. The van der Waals surface area contributed by atoms with E-state index in [1.165, 1.54) is 23.5 Å². The number of nitrogens with zero attached hydrogens (tertiary/aromatic N) is 2. The van der Waals surface area contributed by atoms with Crippen molar-refractivity contribution in [3.8, 4) is 11.1 Å². The third-order valence-corrected chi connectivity index (χ3v) is 5.22. The van der Waals surface area contributed by atoms with Gasteiger partial charge in [0.05, 0.1) is 24.6 Å². The van der Waals surface area contributed by atoms with Crippen molar-refractivity contribution in [1.29, 1.82) is 0 Å². The Morgan fingerprint density at radius 3 is 2.96 bits per heavy atom. The number of morpholine rings is 1. The summed E-state index contributed by atoms with van der Waals surface area (Å²) in [6.45, 7) is 4.99. The van der Waals surface area contributed by atoms with Crippen molar-refractivity contribution in [2.45, 2.75) is 19.6 Å². The van der Waals surface area contributed by atoms with Crippen LogP contribution in [0.2, 0.25) is 0 Å². The first kappa shape index (κ1) is 16.4. The van der Waals surface area contributed by atoms with Crippen LogP contribution in [0.4, 0.5) is 4.39 Å². The summed E-state index contributed by atoms with van der Waals surface area (Å²) in [5.74, 6) is 0.372. The predicted octanol–water partition coefficient (Wildman–Crippen LogP) is 3.01. The zero-order chi connectivity index (χ0) is 17.4. The number of ether oxygens (including phenoxy) is 1. The Morgan fingerprint density at radius 2 is 2.20 bits per heavy atom. The summed E-state index contributed by atoms with van der Waals surface area (Å²) in [4.78, 5) is 23.1. The Bertz CT molecular complexity index is 951. The molecular formula is C18H18FN3O2S. The molecule has 7 heteroatoms. The van der Waals surface area contributed by atoms with E-state index in [2.05, 4.69) is 14.9 Å². The molecule has 2 aromatic heterocycles. The van der Waals surface area contributed by atoms with Gasteiger partial charge in [0.25, 0.3) is 5.56 Å². The van der Waals surface area contributed by atoms with Crippen molar-refractivity contribution in [3.05, 3.63) is 51.6 Å². The van der Waals surface area contributed by atoms with Crippen molar-refractivity contribution in [1.82, 2.24) is 14.9 Å². The van der Waals surface area contributed by atoms with Crippen LogP contribution >= 0.6 is 11.3 Å². The highest BCUT2D eigenvalue weighted by atomic mass is 32.1. The lowest BCUT2D eigenvalue weighted by molar-refractivity contribution is -0.0219. The van der Waals surface area contributed by atoms with Crippen LogP contribution in [0.5, 0.6) is 0 Å². The average Bonchev–Trinajstić information content (AvgIpc) is 3.00. The summed E-state index contributed by atoms with van der Waals surface area (Å²) < 4.78 is 18.7. The fourth-order valence-electron chi connectivity index (χ4n) is 3.16. The normalized spacial score (nSPS) is 18.7. The molecule has 3 aromatic rings. The average molecular weight is 359 g/mol. The van der Waals surface area contributed by atoms with Gasteiger partial charge in [0.2, 0.25) is 0 Å². The van der Waals surface area contributed by atoms with Gasteiger partial charge in [-0.15, -0.1) is 11.3 Å². The lowest BCUT2D eigenvalue weighted by Gasteiger charge is -2.30. The van der Waals surface area contributed by atoms with E-state index < -0.39 is 0 Å². The topological polar surface area (TPSA) is 58.2 Å². The molecule has 1 saturated heterocycles. The quantitative estimate of drug-likeness (QED) is 0.781. The van der Waals surface area contributed by atoms with E-state index in [9.17, 15) is 9.18 Å². The minimum absolute atomic E-state index is 0.151. The van der Waals surface area contributed by atoms with Crippen LogP contribution in [0, 0.1) is 5.82 Å². The van der Waals surface area contributed by atoms with Crippen molar-refractivity contribution in [2.75, 3.05) is 19.7 Å². The fraction of sp³-hybridized carbons (Fsp3) is 0.333. The Hall–Kier alpha value is -2.09. The van der Waals surface area contributed by atoms with Gasteiger partial charge in [0.15, 0.2) is 0 Å². The summed E-state index contributed by atoms with van der Waals surface area (Å²) in [5, 5.41) is 2.47. The van der Waals surface area contributed by atoms with Crippen molar-refractivity contribution < 1.29 is 9.13 Å². The Labute approximate surface area is 148 Å². The molecule has 1 aromatic carbocycles. The lowest BCUT2D eigenvalue weighted by atomic mass is 10.1. The molecule has 0 saturated carbocycles. The minimum Gasteiger partial charge on any atom is -0.376 e. The molecule has 0 spiro atoms. The molecule has 4 rings (SSSR count). The number of fused-ring (bicyclic) bond motifs is 1. The van der Waals surface area contributed by atoms with Crippen molar-refractivity contribution in [3.63, 3.8) is 0 Å². The molecule has 5 nitrogen and oxygen atoms in total. The minimum atomic E-state index is -0.294. The molecule has 1 aliphatic rings. The highest BCUT2D eigenvalue weighted by Crippen LogP contribution is 2.30. The maximum absolute atomic E-state index is 13.1. The van der Waals surface area contributed by atoms with Crippen LogP contribution < -0.4 is 5.56 Å². The molecule has 130 valence electrons. The van der Waals surface area contributed by atoms with Gasteiger partial charge < -0.3 is 9.72 Å². The van der Waals surface area contributed by atoms with Crippen molar-refractivity contribution in [2.24, 2.45) is 0 Å². The standard InChI is InChI=1S/C18H18FN3O2S/c1-11-8-22(6-7-24-11)9-15-20-17(23)16-14(10-25-18(16)21-15)12-2-4-13(19)5-3-12/h2-5,10-11H,6-9H2,1H3,(H,20,21,23)/t11-/m0/s1. The summed E-state index contributed by atoms with van der Waals surface area (Å²) in [7, 11) is 0. The Kier molecular flexibility index (Phi) is 4.37. The highest BCUT2D eigenvalue weighted by molar-refractivity contribution is 7.17. The second-order valence-corrected chi connectivity index (χ2v) is 7.12. The maximum atomic E-state index is 13.1. The van der Waals surface area contributed by atoms with Gasteiger partial charge in [-0.05, 0) is 24.6 Å². The van der Waals surface area contributed by atoms with Gasteiger partial charge in [0.1, 0.15) is 16.5 Å². The zero-order valence-corrected chi connectivity index (χ0v) is 14.6. The Balaban J connectivity index is 1.67. The first-order chi connectivity index (χ1) is 12.1. The van der Waals surface area contributed by atoms with Gasteiger partial charge in [-0.3, -0.25) is 9.69 Å². The van der Waals surface area contributed by atoms with Crippen LogP contribution in [-0.2, 0) is 11.3 Å². The van der Waals surface area contributed by atoms with Crippen LogP contribution in [0.15, 0.2) is 34.4 Å². The van der Waals surface area contributed by atoms with E-state index in [-0.39, 0.29) is 17.5 Å². The summed E-state index contributed by atoms with van der Waals surface area (Å²) >= 11 is 1.44. The zero-order valence-electron chi connectivity index (χ0n) is 13.8. The number of rotatable bonds is 3. The molecule has 0 aliphatic carbocycles. The third kappa shape index (κ3) is 3.35. The molecular weight excluding hydrogens is 341 g/mol. The number of nitrogens with one attached hydrogen (secondary N) is 1. The van der Waals surface area contributed by atoms with Crippen LogP contribution in [-0.4, -0.2) is 40.7 Å². The monoisotopic (exact) mass is 359 g/mol. The van der Waals surface area contributed by atoms with E-state index in [1.807, 2.05) is 12.3 Å². The van der Waals surface area contributed by atoms with E-state index in [4.69, 9.17) is 4.74 Å². The molecule has 0 unspecified atom stereocenters. The third-order valence-electron chi connectivity index (χ3n) is 4.35. The smallest absolute Gasteiger partial charge is 0.260 e. The second kappa shape index (κ2) is 6.67. The first-order valence-corrected chi connectivity index (χ1v) is 9.08. The molecule has 1 N–H and O–H groups in total. The van der Waals surface area contributed by atoms with E-state index in [0.717, 1.165) is 24.2 Å². The number of hydrogen-bond donors (Lipinski definition) is 1. The van der Waals surface area contributed by atoms with Crippen LogP contribution in [0.25, 0.3) is 21.3 Å². The lowest BCUT2D eigenvalue weighted by Crippen LogP contribution is -2.41. The van der Waals surface area contributed by atoms with E-state index >= 15 is 0 Å². The molecule has 0 amide bonds. The van der Waals surface area contributed by atoms with Gasteiger partial charge in [-0.2, -0.15) is 0 Å². The summed E-state index contributed by atoms with van der Waals surface area (Å²) in [6.07, 6.45) is 0.191. The van der Waals surface area contributed by atoms with Crippen LogP contribution in [0.1, 0.15) is 12.7 Å². The molecule has 0 bridgehead atoms. The molecule has 1 fully saturated rings. The number of halogens is 1. The summed E-state index contributed by atoms with van der Waals surface area (Å²) in [6, 6.07) is 6.15. The second-order valence-electron chi connectivity index (χ2n) is 6.27. The first-order valence-electron chi connectivity index (χ1n) is 8.20. The predicted molar refractivity (Wildman–Crippen MR) is 96.3 cm³/mol. The number of hydrogen-bond acceptors (Lipinski definition) is 5. The number of aromatic nitrogens is 2. The van der Waals surface area contributed by atoms with Gasteiger partial charge in [-0.25, -0.2) is 9.37 Å². The number of thiophene rings is 1. The molecule has 1 atom stereocenters. The Morgan fingerprint density at radius 1 is 1.40 bits per heavy atom. The molecule has 0 radical (unpaired) electrons. The van der Waals surface area contributed by atoms with Gasteiger partial charge in [-0.1, -0.05) is 12.1 Å². The molecule has 3 heterocycles. The summed E-state index contributed by atoms with van der Waals surface area (Å²) in [5.41, 5.74) is 1.46. The van der Waals surface area contributed by atoms with E-state index in [0.29, 0.717) is 29.2 Å². The highest BCUT2D eigenvalue weighted by Gasteiger charge is 2.19. The van der Waals surface area contributed by atoms with E-state index in [1.54, 1.807) is 12.1 Å². The number of H-pyrrole nitrogens is 1. The van der Waals surface area contributed by atoms with Crippen molar-refractivity contribution >= 4 is 21.6 Å². The van der Waals surface area contributed by atoms with Gasteiger partial charge >= 0.3 is 0 Å². The number of aromatic amines is 1. The molecule has 25 heavy (non-hydrogen) atoms. The molecule has 1 aliphatic heterocycles. The van der Waals surface area contributed by atoms with Gasteiger partial charge in [0, 0.05) is 24.0 Å². The fourth-order valence-corrected chi connectivity index (χ4v) is 4.12. The van der Waals surface area contributed by atoms with Crippen LogP contribution in [0.3, 0.4) is 0 Å². The number of benzene rings is 1. The SMILES string of the molecule is C[C@H]1CN(Cc2nc3scc(-c4ccc(F)cc4)c3c(=O)[nH]2)CCO1. The largest absolute Gasteiger partial charge is 0.376 e.